The molecule has 0 saturated carbocycles. The van der Waals surface area contributed by atoms with Gasteiger partial charge < -0.3 is 15.1 Å². The van der Waals surface area contributed by atoms with Crippen LogP contribution in [0, 0.1) is 12.8 Å². The zero-order valence-electron chi connectivity index (χ0n) is 22.9. The maximum absolute atomic E-state index is 4.77. The SMILES string of the molecule is Cc1ccc(Nc2nc(N/N=C/c3ccc(N(C)C)cc3)nc(N3CCC(Cc4ccccc4)CC3)n2)cc1. The first-order valence-electron chi connectivity index (χ1n) is 13.5. The fourth-order valence-electron chi connectivity index (χ4n) is 4.69. The molecule has 0 radical (unpaired) electrons. The van der Waals surface area contributed by atoms with Crippen molar-refractivity contribution in [2.45, 2.75) is 26.2 Å². The number of aromatic nitrogens is 3. The second-order valence-corrected chi connectivity index (χ2v) is 10.2. The summed E-state index contributed by atoms with van der Waals surface area (Å²) in [5.74, 6) is 2.22. The molecule has 2 N–H and O–H groups in total. The van der Waals surface area contributed by atoms with Gasteiger partial charge in [-0.2, -0.15) is 20.1 Å². The monoisotopic (exact) mass is 520 g/mol. The number of hydrogen-bond donors (Lipinski definition) is 2. The molecule has 0 bridgehead atoms. The van der Waals surface area contributed by atoms with E-state index in [0.29, 0.717) is 23.8 Å². The molecule has 1 aromatic heterocycles. The molecule has 1 saturated heterocycles. The molecular weight excluding hydrogens is 484 g/mol. The minimum Gasteiger partial charge on any atom is -0.378 e. The van der Waals surface area contributed by atoms with E-state index < -0.39 is 0 Å². The van der Waals surface area contributed by atoms with Crippen molar-refractivity contribution in [1.82, 2.24) is 15.0 Å². The molecule has 8 heteroatoms. The van der Waals surface area contributed by atoms with E-state index in [2.05, 4.69) is 92.1 Å². The van der Waals surface area contributed by atoms with Gasteiger partial charge in [-0.25, -0.2) is 5.43 Å². The molecule has 0 amide bonds. The predicted octanol–water partition coefficient (Wildman–Crippen LogP) is 5.89. The van der Waals surface area contributed by atoms with Crippen molar-refractivity contribution in [2.75, 3.05) is 47.7 Å². The Balaban J connectivity index is 1.30. The second kappa shape index (κ2) is 12.4. The number of nitrogens with one attached hydrogen (secondary N) is 2. The third-order valence-corrected chi connectivity index (χ3v) is 6.98. The summed E-state index contributed by atoms with van der Waals surface area (Å²) in [5.41, 5.74) is 8.67. The zero-order valence-corrected chi connectivity index (χ0v) is 22.9. The molecule has 4 aromatic rings. The lowest BCUT2D eigenvalue weighted by Gasteiger charge is -2.32. The van der Waals surface area contributed by atoms with Gasteiger partial charge in [-0.15, -0.1) is 0 Å². The number of piperidine rings is 1. The van der Waals surface area contributed by atoms with E-state index in [0.717, 1.165) is 49.3 Å². The highest BCUT2D eigenvalue weighted by molar-refractivity contribution is 5.80. The zero-order chi connectivity index (χ0) is 27.0. The van der Waals surface area contributed by atoms with Gasteiger partial charge in [0, 0.05) is 38.6 Å². The molecule has 0 atom stereocenters. The fraction of sp³-hybridized carbons (Fsp3) is 0.290. The summed E-state index contributed by atoms with van der Waals surface area (Å²) in [7, 11) is 4.05. The van der Waals surface area contributed by atoms with Crippen LogP contribution in [0.1, 0.15) is 29.5 Å². The van der Waals surface area contributed by atoms with Gasteiger partial charge in [0.2, 0.25) is 17.8 Å². The standard InChI is InChI=1S/C31H36N8/c1-23-9-13-27(14-10-23)33-29-34-30(37-32-22-26-11-15-28(16-12-26)38(2)3)36-31(35-29)39-19-17-25(18-20-39)21-24-7-5-4-6-8-24/h4-16,22,25H,17-21H2,1-3H3,(H2,33,34,35,36,37)/b32-22+. The van der Waals surface area contributed by atoms with E-state index in [1.165, 1.54) is 11.1 Å². The molecule has 8 nitrogen and oxygen atoms in total. The van der Waals surface area contributed by atoms with Gasteiger partial charge in [-0.3, -0.25) is 0 Å². The Kier molecular flexibility index (Phi) is 8.31. The number of aryl methyl sites for hydroxylation is 1. The molecule has 200 valence electrons. The van der Waals surface area contributed by atoms with Gasteiger partial charge in [0.25, 0.3) is 0 Å². The molecule has 1 aliphatic heterocycles. The Morgan fingerprint density at radius 1 is 0.872 bits per heavy atom. The van der Waals surface area contributed by atoms with Gasteiger partial charge >= 0.3 is 0 Å². The van der Waals surface area contributed by atoms with E-state index in [1.54, 1.807) is 6.21 Å². The van der Waals surface area contributed by atoms with Crippen molar-refractivity contribution < 1.29 is 0 Å². The summed E-state index contributed by atoms with van der Waals surface area (Å²) < 4.78 is 0. The van der Waals surface area contributed by atoms with E-state index in [9.17, 15) is 0 Å². The molecule has 0 unspecified atom stereocenters. The van der Waals surface area contributed by atoms with E-state index in [-0.39, 0.29) is 0 Å². The Labute approximate surface area is 230 Å². The normalized spacial score (nSPS) is 14.0. The van der Waals surface area contributed by atoms with Crippen LogP contribution in [0.25, 0.3) is 0 Å². The van der Waals surface area contributed by atoms with E-state index >= 15 is 0 Å². The molecule has 1 fully saturated rings. The van der Waals surface area contributed by atoms with Crippen molar-refractivity contribution in [2.24, 2.45) is 11.0 Å². The summed E-state index contributed by atoms with van der Waals surface area (Å²) in [4.78, 5) is 18.4. The largest absolute Gasteiger partial charge is 0.378 e. The summed E-state index contributed by atoms with van der Waals surface area (Å²) >= 11 is 0. The minimum absolute atomic E-state index is 0.405. The number of hydrazone groups is 1. The van der Waals surface area contributed by atoms with Crippen molar-refractivity contribution in [1.29, 1.82) is 0 Å². The van der Waals surface area contributed by atoms with Gasteiger partial charge in [-0.1, -0.05) is 60.2 Å². The fourth-order valence-corrected chi connectivity index (χ4v) is 4.69. The van der Waals surface area contributed by atoms with E-state index in [1.807, 2.05) is 38.4 Å². The van der Waals surface area contributed by atoms with Gasteiger partial charge in [0.1, 0.15) is 0 Å². The van der Waals surface area contributed by atoms with Crippen LogP contribution in [0.4, 0.5) is 29.2 Å². The van der Waals surface area contributed by atoms with Gasteiger partial charge in [-0.05, 0) is 67.5 Å². The van der Waals surface area contributed by atoms with Crippen LogP contribution in [0.5, 0.6) is 0 Å². The van der Waals surface area contributed by atoms with Gasteiger partial charge in [0.15, 0.2) is 0 Å². The molecule has 3 aromatic carbocycles. The number of rotatable bonds is 9. The third kappa shape index (κ3) is 7.31. The average molecular weight is 521 g/mol. The van der Waals surface area contributed by atoms with Crippen LogP contribution in [-0.2, 0) is 6.42 Å². The second-order valence-electron chi connectivity index (χ2n) is 10.2. The maximum atomic E-state index is 4.77. The smallest absolute Gasteiger partial charge is 0.250 e. The predicted molar refractivity (Wildman–Crippen MR) is 161 cm³/mol. The molecular formula is C31H36N8. The molecule has 5 rings (SSSR count). The Bertz CT molecular complexity index is 1360. The van der Waals surface area contributed by atoms with E-state index in [4.69, 9.17) is 9.97 Å². The first-order valence-corrected chi connectivity index (χ1v) is 13.5. The van der Waals surface area contributed by atoms with Crippen LogP contribution in [-0.4, -0.2) is 48.4 Å². The van der Waals surface area contributed by atoms with Crippen LogP contribution in [0.3, 0.4) is 0 Å². The average Bonchev–Trinajstić information content (AvgIpc) is 2.95. The topological polar surface area (TPSA) is 81.6 Å². The van der Waals surface area contributed by atoms with Crippen LogP contribution < -0.4 is 20.5 Å². The number of nitrogens with zero attached hydrogens (tertiary/aromatic N) is 6. The Morgan fingerprint density at radius 2 is 1.56 bits per heavy atom. The molecule has 1 aliphatic rings. The number of benzene rings is 3. The lowest BCUT2D eigenvalue weighted by Crippen LogP contribution is -2.35. The van der Waals surface area contributed by atoms with Crippen LogP contribution >= 0.6 is 0 Å². The summed E-state index contributed by atoms with van der Waals surface area (Å²) in [6, 6.07) is 27.1. The van der Waals surface area contributed by atoms with Crippen LogP contribution in [0.2, 0.25) is 0 Å². The van der Waals surface area contributed by atoms with Gasteiger partial charge in [0.05, 0.1) is 6.21 Å². The third-order valence-electron chi connectivity index (χ3n) is 6.98. The van der Waals surface area contributed by atoms with Crippen molar-refractivity contribution in [3.63, 3.8) is 0 Å². The molecule has 2 heterocycles. The lowest BCUT2D eigenvalue weighted by molar-refractivity contribution is 0.400. The highest BCUT2D eigenvalue weighted by atomic mass is 15.4. The molecule has 0 spiro atoms. The Morgan fingerprint density at radius 3 is 2.26 bits per heavy atom. The van der Waals surface area contributed by atoms with Crippen molar-refractivity contribution >= 4 is 35.4 Å². The number of hydrogen-bond acceptors (Lipinski definition) is 8. The lowest BCUT2D eigenvalue weighted by atomic mass is 9.90. The molecule has 39 heavy (non-hydrogen) atoms. The quantitative estimate of drug-likeness (QED) is 0.210. The minimum atomic E-state index is 0.405. The summed E-state index contributed by atoms with van der Waals surface area (Å²) in [5, 5.41) is 7.74. The van der Waals surface area contributed by atoms with Crippen molar-refractivity contribution in [3.05, 3.63) is 95.6 Å². The highest BCUT2D eigenvalue weighted by Gasteiger charge is 2.22. The maximum Gasteiger partial charge on any atom is 0.250 e. The highest BCUT2D eigenvalue weighted by Crippen LogP contribution is 2.26. The summed E-state index contributed by atoms with van der Waals surface area (Å²) in [6.07, 6.45) is 5.09. The first-order chi connectivity index (χ1) is 19.0. The first kappa shape index (κ1) is 26.2. The van der Waals surface area contributed by atoms with Crippen LogP contribution in [0.15, 0.2) is 84.0 Å². The van der Waals surface area contributed by atoms with Crippen molar-refractivity contribution in [3.8, 4) is 0 Å². The number of anilines is 5. The molecule has 0 aliphatic carbocycles. The summed E-state index contributed by atoms with van der Waals surface area (Å²) in [6.45, 7) is 3.89. The Hall–Kier alpha value is -4.46.